The van der Waals surface area contributed by atoms with Crippen LogP contribution in [0.4, 0.5) is 0 Å². The molecule has 0 radical (unpaired) electrons. The van der Waals surface area contributed by atoms with Crippen LogP contribution in [-0.4, -0.2) is 18.7 Å². The number of rotatable bonds is 6. The number of nitrogens with zero attached hydrogens (tertiary/aromatic N) is 2. The van der Waals surface area contributed by atoms with Crippen molar-refractivity contribution in [2.75, 3.05) is 0 Å². The minimum absolute atomic E-state index is 0.744. The largest absolute Gasteiger partial charge is 0.309 e. The van der Waals surface area contributed by atoms with E-state index in [2.05, 4.69) is 240 Å². The summed E-state index contributed by atoms with van der Waals surface area (Å²) < 4.78 is 4.95. The van der Waals surface area contributed by atoms with Crippen molar-refractivity contribution in [2.24, 2.45) is 0 Å². The van der Waals surface area contributed by atoms with Gasteiger partial charge in [0.05, 0.1) is 31.6 Å². The summed E-state index contributed by atoms with van der Waals surface area (Å²) in [6.07, 6.45) is 0. The summed E-state index contributed by atoms with van der Waals surface area (Å²) >= 11 is 0. The number of para-hydroxylation sites is 4. The predicted octanol–water partition coefficient (Wildman–Crippen LogP) is 13.8. The zero-order valence-electron chi connectivity index (χ0n) is 34.5. The smallest absolute Gasteiger partial charge is 0.0875 e. The molecule has 13 rings (SSSR count). The first-order valence-corrected chi connectivity index (χ1v) is 23.3. The maximum absolute atomic E-state index is 2.53. The van der Waals surface area contributed by atoms with E-state index in [-0.39, 0.29) is 0 Å². The molecular weight excluding hydrogens is 777 g/mol. The molecule has 0 fully saturated rings. The van der Waals surface area contributed by atoms with Gasteiger partial charge in [0, 0.05) is 32.9 Å². The molecule has 0 unspecified atom stereocenters. The number of fused-ring (bicyclic) bond motifs is 9. The molecule has 0 saturated carbocycles. The normalized spacial score (nSPS) is 12.1. The fraction of sp³-hybridized carbons (Fsp3) is 0. The van der Waals surface area contributed by atoms with Crippen molar-refractivity contribution in [1.82, 2.24) is 9.13 Å². The van der Waals surface area contributed by atoms with Crippen LogP contribution in [0.3, 0.4) is 0 Å². The van der Waals surface area contributed by atoms with Crippen molar-refractivity contribution in [3.63, 3.8) is 0 Å². The molecule has 63 heavy (non-hydrogen) atoms. The maximum Gasteiger partial charge on any atom is 0.0875 e. The highest BCUT2D eigenvalue weighted by atomic mass is 28.2. The molecule has 0 aliphatic carbocycles. The molecule has 0 spiro atoms. The second-order valence-electron chi connectivity index (χ2n) is 16.8. The highest BCUT2D eigenvalue weighted by Crippen LogP contribution is 2.47. The van der Waals surface area contributed by atoms with Gasteiger partial charge in [-0.25, -0.2) is 0 Å². The molecular formula is C60H40N2Si. The van der Waals surface area contributed by atoms with Crippen LogP contribution in [0.1, 0.15) is 0 Å². The van der Waals surface area contributed by atoms with E-state index in [1.807, 2.05) is 0 Å². The van der Waals surface area contributed by atoms with E-state index in [0.29, 0.717) is 0 Å². The summed E-state index contributed by atoms with van der Waals surface area (Å²) in [7, 11) is -0.744. The molecule has 3 heteroatoms. The van der Waals surface area contributed by atoms with E-state index in [4.69, 9.17) is 0 Å². The Labute approximate surface area is 367 Å². The lowest BCUT2D eigenvalue weighted by atomic mass is 9.84. The van der Waals surface area contributed by atoms with Crippen molar-refractivity contribution in [3.8, 4) is 33.6 Å². The first kappa shape index (κ1) is 35.7. The molecule has 2 aromatic heterocycles. The van der Waals surface area contributed by atoms with Crippen LogP contribution in [0.5, 0.6) is 0 Å². The summed E-state index contributed by atoms with van der Waals surface area (Å²) in [6.45, 7) is 0. The predicted molar refractivity (Wildman–Crippen MR) is 273 cm³/mol. The van der Waals surface area contributed by atoms with Gasteiger partial charge in [-0.15, -0.1) is 0 Å². The molecule has 0 atom stereocenters. The van der Waals surface area contributed by atoms with Crippen LogP contribution in [0.15, 0.2) is 231 Å². The van der Waals surface area contributed by atoms with Crippen LogP contribution >= 0.6 is 0 Å². The molecule has 13 aromatic rings. The first-order chi connectivity index (χ1) is 31.3. The lowest BCUT2D eigenvalue weighted by molar-refractivity contribution is 1.14. The Morgan fingerprint density at radius 1 is 0.270 bits per heavy atom. The minimum Gasteiger partial charge on any atom is -0.309 e. The van der Waals surface area contributed by atoms with E-state index < -0.39 is 9.52 Å². The standard InChI is InChI=1S/C60H40N2Si/c1-2-19-43(20-3-1)63-44-33-34-53-54(38-44)60(50-28-16-18-39-17-4-5-21-45(39)50)52-27-7-6-26-51(52)59(53)40-35-41(61-55-29-12-8-22-46(55)47-23-9-13-30-56(47)61)37-42(36-40)62-57-31-14-10-24-48(57)49-25-11-15-32-58(49)62/h1-38H,63H2. The zero-order chi connectivity index (χ0) is 41.4. The van der Waals surface area contributed by atoms with E-state index >= 15 is 0 Å². The Hall–Kier alpha value is -7.98. The van der Waals surface area contributed by atoms with E-state index in [1.165, 1.54) is 109 Å². The molecule has 0 aliphatic heterocycles. The molecule has 0 aliphatic rings. The van der Waals surface area contributed by atoms with Gasteiger partial charge < -0.3 is 9.13 Å². The quantitative estimate of drug-likeness (QED) is 0.117. The van der Waals surface area contributed by atoms with Gasteiger partial charge in [0.2, 0.25) is 0 Å². The zero-order valence-corrected chi connectivity index (χ0v) is 36.0. The first-order valence-electron chi connectivity index (χ1n) is 21.9. The molecule has 0 amide bonds. The van der Waals surface area contributed by atoms with Crippen molar-refractivity contribution >= 4 is 95.8 Å². The third-order valence-electron chi connectivity index (χ3n) is 13.3. The molecule has 11 aromatic carbocycles. The van der Waals surface area contributed by atoms with Gasteiger partial charge in [0.25, 0.3) is 0 Å². The fourth-order valence-electron chi connectivity index (χ4n) is 10.6. The Bertz CT molecular complexity index is 3700. The van der Waals surface area contributed by atoms with Crippen molar-refractivity contribution in [3.05, 3.63) is 231 Å². The van der Waals surface area contributed by atoms with Gasteiger partial charge in [-0.05, 0) is 97.0 Å². The van der Waals surface area contributed by atoms with Crippen molar-refractivity contribution < 1.29 is 0 Å². The van der Waals surface area contributed by atoms with Crippen molar-refractivity contribution in [2.45, 2.75) is 0 Å². The van der Waals surface area contributed by atoms with Crippen LogP contribution in [0, 0.1) is 0 Å². The number of aromatic nitrogens is 2. The van der Waals surface area contributed by atoms with Crippen LogP contribution in [0.25, 0.3) is 110 Å². The monoisotopic (exact) mass is 816 g/mol. The second kappa shape index (κ2) is 14.3. The minimum atomic E-state index is -0.744. The molecule has 2 heterocycles. The highest BCUT2D eigenvalue weighted by molar-refractivity contribution is 6.67. The Morgan fingerprint density at radius 3 is 1.29 bits per heavy atom. The average molecular weight is 817 g/mol. The summed E-state index contributed by atoms with van der Waals surface area (Å²) in [5, 5.41) is 15.5. The number of hydrogen-bond acceptors (Lipinski definition) is 0. The lowest BCUT2D eigenvalue weighted by Gasteiger charge is -2.21. The average Bonchev–Trinajstić information content (AvgIpc) is 3.86. The molecule has 294 valence electrons. The van der Waals surface area contributed by atoms with Gasteiger partial charge in [-0.1, -0.05) is 198 Å². The topological polar surface area (TPSA) is 9.86 Å². The van der Waals surface area contributed by atoms with Gasteiger partial charge >= 0.3 is 0 Å². The summed E-state index contributed by atoms with van der Waals surface area (Å²) in [4.78, 5) is 0. The van der Waals surface area contributed by atoms with Crippen molar-refractivity contribution in [1.29, 1.82) is 0 Å². The van der Waals surface area contributed by atoms with Crippen LogP contribution in [-0.2, 0) is 0 Å². The van der Waals surface area contributed by atoms with E-state index in [0.717, 1.165) is 11.4 Å². The van der Waals surface area contributed by atoms with Gasteiger partial charge in [0.1, 0.15) is 0 Å². The highest BCUT2D eigenvalue weighted by Gasteiger charge is 2.22. The summed E-state index contributed by atoms with van der Waals surface area (Å²) in [5.74, 6) is 0. The third kappa shape index (κ3) is 5.64. The fourth-order valence-corrected chi connectivity index (χ4v) is 12.1. The Kier molecular flexibility index (Phi) is 8.12. The summed E-state index contributed by atoms with van der Waals surface area (Å²) in [6, 6.07) is 85.9. The molecule has 0 bridgehead atoms. The second-order valence-corrected chi connectivity index (χ2v) is 18.8. The molecule has 0 N–H and O–H groups in total. The maximum atomic E-state index is 2.53. The van der Waals surface area contributed by atoms with Crippen LogP contribution in [0.2, 0.25) is 0 Å². The Balaban J connectivity index is 1.18. The van der Waals surface area contributed by atoms with E-state index in [1.54, 1.807) is 0 Å². The summed E-state index contributed by atoms with van der Waals surface area (Å²) in [5.41, 5.74) is 12.0. The number of benzene rings is 11. The molecule has 2 nitrogen and oxygen atoms in total. The van der Waals surface area contributed by atoms with Gasteiger partial charge in [-0.2, -0.15) is 0 Å². The van der Waals surface area contributed by atoms with E-state index in [9.17, 15) is 0 Å². The number of hydrogen-bond donors (Lipinski definition) is 0. The van der Waals surface area contributed by atoms with Crippen LogP contribution < -0.4 is 10.4 Å². The van der Waals surface area contributed by atoms with Gasteiger partial charge in [0.15, 0.2) is 0 Å². The SMILES string of the molecule is c1ccc([SiH2]c2ccc3c(-c4cc(-n5c6ccccc6c6ccccc65)cc(-n5c6ccccc6c6ccccc65)c4)c4ccccc4c(-c4cccc5ccccc45)c3c2)cc1. The third-order valence-corrected chi connectivity index (χ3v) is 15.0. The van der Waals surface area contributed by atoms with Gasteiger partial charge in [-0.3, -0.25) is 0 Å². The lowest BCUT2D eigenvalue weighted by Crippen LogP contribution is -2.26. The Morgan fingerprint density at radius 2 is 0.714 bits per heavy atom. The molecule has 0 saturated heterocycles.